The number of allylic oxidation sites excluding steroid dienone is 2. The molecule has 1 heterocycles. The molecule has 0 radical (unpaired) electrons. The number of hydrogen-bond donors (Lipinski definition) is 3. The van der Waals surface area contributed by atoms with E-state index in [0.29, 0.717) is 19.3 Å². The third-order valence-corrected chi connectivity index (χ3v) is 15.3. The van der Waals surface area contributed by atoms with Crippen LogP contribution in [0.25, 0.3) is 0 Å². The molecule has 12 heteroatoms. The molecule has 452 valence electrons. The highest BCUT2D eigenvalue weighted by atomic mass is 16.7. The Morgan fingerprint density at radius 1 is 0.416 bits per heavy atom. The quantitative estimate of drug-likeness (QED) is 0.0228. The maximum absolute atomic E-state index is 13.2. The van der Waals surface area contributed by atoms with Gasteiger partial charge in [0.25, 0.3) is 0 Å². The number of unbranched alkanes of at least 4 members (excludes halogenated alkanes) is 41. The van der Waals surface area contributed by atoms with Crippen molar-refractivity contribution < 1.29 is 58.2 Å². The van der Waals surface area contributed by atoms with Gasteiger partial charge in [0.1, 0.15) is 18.8 Å². The highest BCUT2D eigenvalue weighted by Gasteiger charge is 2.50. The summed E-state index contributed by atoms with van der Waals surface area (Å²) in [4.78, 5) is 51.3. The Hall–Kier alpha value is -2.54. The van der Waals surface area contributed by atoms with Crippen molar-refractivity contribution in [1.29, 1.82) is 0 Å². The van der Waals surface area contributed by atoms with Gasteiger partial charge >= 0.3 is 23.9 Å². The fourth-order valence-electron chi connectivity index (χ4n) is 10.3. The third-order valence-electron chi connectivity index (χ3n) is 15.3. The Morgan fingerprint density at radius 2 is 0.740 bits per heavy atom. The lowest BCUT2D eigenvalue weighted by Crippen LogP contribution is -2.61. The first-order valence-corrected chi connectivity index (χ1v) is 32.7. The molecule has 0 aromatic heterocycles. The summed E-state index contributed by atoms with van der Waals surface area (Å²) >= 11 is 0. The summed E-state index contributed by atoms with van der Waals surface area (Å²) in [5.41, 5.74) is 0. The monoisotopic (exact) mass is 1090 g/mol. The van der Waals surface area contributed by atoms with E-state index < -0.39 is 67.3 Å². The standard InChI is InChI=1S/C65H120O12/c1-4-7-10-13-16-19-22-25-28-29-32-35-38-41-44-47-50-53-59(68)76-63-61(70)60(69)62(64(71)72)77-65(63)74-55-56(75-58(67)52-49-46-43-40-37-34-31-27-24-21-18-15-12-9-6-3)54-73-57(66)51-48-45-42-39-36-33-30-26-23-20-17-14-11-8-5-2/h25,28,56,60-63,65,69-70H,4-24,26-27,29-55H2,1-3H3,(H,71,72)/b28-25-. The number of carbonyl (C=O) groups excluding carboxylic acids is 3. The molecule has 1 rings (SSSR count). The van der Waals surface area contributed by atoms with Crippen molar-refractivity contribution >= 4 is 23.9 Å². The van der Waals surface area contributed by atoms with Gasteiger partial charge in [-0.05, 0) is 44.9 Å². The average molecular weight is 1090 g/mol. The molecule has 1 aliphatic heterocycles. The number of carboxylic acids is 1. The molecule has 1 fully saturated rings. The first-order valence-electron chi connectivity index (χ1n) is 32.7. The molecule has 6 unspecified atom stereocenters. The summed E-state index contributed by atoms with van der Waals surface area (Å²) in [6.07, 6.45) is 48.8. The van der Waals surface area contributed by atoms with Gasteiger partial charge in [-0.1, -0.05) is 277 Å². The lowest BCUT2D eigenvalue weighted by Gasteiger charge is -2.40. The predicted octanol–water partition coefficient (Wildman–Crippen LogP) is 17.2. The van der Waals surface area contributed by atoms with Gasteiger partial charge in [-0.3, -0.25) is 14.4 Å². The van der Waals surface area contributed by atoms with Gasteiger partial charge in [0.15, 0.2) is 24.6 Å². The number of aliphatic carboxylic acids is 1. The maximum Gasteiger partial charge on any atom is 0.335 e. The Kier molecular flexibility index (Phi) is 50.9. The van der Waals surface area contributed by atoms with Crippen molar-refractivity contribution in [3.63, 3.8) is 0 Å². The molecule has 0 aromatic carbocycles. The summed E-state index contributed by atoms with van der Waals surface area (Å²) in [6.45, 7) is 6.05. The Bertz CT molecular complexity index is 1390. The van der Waals surface area contributed by atoms with Crippen LogP contribution in [0, 0.1) is 0 Å². The topological polar surface area (TPSA) is 175 Å². The zero-order chi connectivity index (χ0) is 56.1. The minimum Gasteiger partial charge on any atom is -0.479 e. The molecule has 0 amide bonds. The van der Waals surface area contributed by atoms with Gasteiger partial charge in [-0.2, -0.15) is 0 Å². The number of carboxylic acid groups (broad SMARTS) is 1. The molecule has 0 aliphatic carbocycles. The Morgan fingerprint density at radius 3 is 1.10 bits per heavy atom. The van der Waals surface area contributed by atoms with Crippen molar-refractivity contribution in [3.8, 4) is 0 Å². The fourth-order valence-corrected chi connectivity index (χ4v) is 10.3. The van der Waals surface area contributed by atoms with Crippen LogP contribution in [0.2, 0.25) is 0 Å². The largest absolute Gasteiger partial charge is 0.479 e. The summed E-state index contributed by atoms with van der Waals surface area (Å²) in [6, 6.07) is 0. The van der Waals surface area contributed by atoms with Crippen LogP contribution >= 0.6 is 0 Å². The van der Waals surface area contributed by atoms with Crippen molar-refractivity contribution in [2.45, 2.75) is 366 Å². The van der Waals surface area contributed by atoms with E-state index in [1.807, 2.05) is 0 Å². The molecular weight excluding hydrogens is 973 g/mol. The number of aliphatic hydroxyl groups excluding tert-OH is 2. The van der Waals surface area contributed by atoms with E-state index in [0.717, 1.165) is 70.6 Å². The molecule has 3 N–H and O–H groups in total. The zero-order valence-corrected chi connectivity index (χ0v) is 50.0. The Balaban J connectivity index is 2.64. The first-order chi connectivity index (χ1) is 37.6. The summed E-state index contributed by atoms with van der Waals surface area (Å²) in [5.74, 6) is -3.08. The van der Waals surface area contributed by atoms with Gasteiger partial charge < -0.3 is 39.0 Å². The number of rotatable bonds is 57. The highest BCUT2D eigenvalue weighted by molar-refractivity contribution is 5.74. The van der Waals surface area contributed by atoms with Crippen molar-refractivity contribution in [1.82, 2.24) is 0 Å². The van der Waals surface area contributed by atoms with Gasteiger partial charge in [0.2, 0.25) is 0 Å². The van der Waals surface area contributed by atoms with Crippen LogP contribution in [0.1, 0.15) is 329 Å². The minimum atomic E-state index is -1.90. The van der Waals surface area contributed by atoms with E-state index in [1.54, 1.807) is 0 Å². The van der Waals surface area contributed by atoms with Crippen molar-refractivity contribution in [3.05, 3.63) is 12.2 Å². The van der Waals surface area contributed by atoms with E-state index in [1.165, 1.54) is 199 Å². The Labute approximate surface area is 471 Å². The predicted molar refractivity (Wildman–Crippen MR) is 313 cm³/mol. The molecule has 12 nitrogen and oxygen atoms in total. The molecule has 0 spiro atoms. The van der Waals surface area contributed by atoms with Gasteiger partial charge in [-0.15, -0.1) is 0 Å². The van der Waals surface area contributed by atoms with Gasteiger partial charge in [0, 0.05) is 19.3 Å². The lowest BCUT2D eigenvalue weighted by atomic mass is 9.98. The molecular formula is C65H120O12. The smallest absolute Gasteiger partial charge is 0.335 e. The number of carbonyl (C=O) groups is 4. The van der Waals surface area contributed by atoms with Crippen molar-refractivity contribution in [2.24, 2.45) is 0 Å². The van der Waals surface area contributed by atoms with E-state index in [2.05, 4.69) is 32.9 Å². The second-order valence-corrected chi connectivity index (χ2v) is 22.8. The summed E-state index contributed by atoms with van der Waals surface area (Å²) in [5, 5.41) is 31.6. The van der Waals surface area contributed by atoms with Crippen LogP contribution in [0.15, 0.2) is 12.2 Å². The molecule has 0 bridgehead atoms. The summed E-state index contributed by atoms with van der Waals surface area (Å²) < 4.78 is 28.6. The second-order valence-electron chi connectivity index (χ2n) is 22.8. The van der Waals surface area contributed by atoms with Crippen LogP contribution in [-0.2, 0) is 42.9 Å². The van der Waals surface area contributed by atoms with Crippen LogP contribution in [0.4, 0.5) is 0 Å². The maximum atomic E-state index is 13.2. The second kappa shape index (κ2) is 54.1. The number of hydrogen-bond acceptors (Lipinski definition) is 11. The number of aliphatic hydroxyl groups is 2. The molecule has 1 saturated heterocycles. The fraction of sp³-hybridized carbons (Fsp3) is 0.908. The van der Waals surface area contributed by atoms with Crippen LogP contribution < -0.4 is 0 Å². The van der Waals surface area contributed by atoms with Crippen molar-refractivity contribution in [2.75, 3.05) is 13.2 Å². The van der Waals surface area contributed by atoms with E-state index in [9.17, 15) is 34.5 Å². The van der Waals surface area contributed by atoms with E-state index in [4.69, 9.17) is 23.7 Å². The van der Waals surface area contributed by atoms with E-state index in [-0.39, 0.29) is 25.9 Å². The first kappa shape index (κ1) is 72.5. The average Bonchev–Trinajstić information content (AvgIpc) is 3.43. The van der Waals surface area contributed by atoms with Crippen LogP contribution in [0.3, 0.4) is 0 Å². The van der Waals surface area contributed by atoms with Crippen LogP contribution in [0.5, 0.6) is 0 Å². The number of esters is 3. The molecule has 0 saturated carbocycles. The van der Waals surface area contributed by atoms with Gasteiger partial charge in [-0.25, -0.2) is 4.79 Å². The molecule has 77 heavy (non-hydrogen) atoms. The summed E-state index contributed by atoms with van der Waals surface area (Å²) in [7, 11) is 0. The normalized spacial score (nSPS) is 18.0. The van der Waals surface area contributed by atoms with Crippen LogP contribution in [-0.4, -0.2) is 89.2 Å². The van der Waals surface area contributed by atoms with E-state index >= 15 is 0 Å². The molecule has 6 atom stereocenters. The lowest BCUT2D eigenvalue weighted by molar-refractivity contribution is -0.301. The molecule has 0 aromatic rings. The molecule has 1 aliphatic rings. The highest BCUT2D eigenvalue weighted by Crippen LogP contribution is 2.27. The SMILES string of the molecule is CCCCCCCC/C=C\CCCCCCCCCC(=O)OC1C(OCC(COC(=O)CCCCCCCCCCCCCCCCC)OC(=O)CCCCCCCCCCCCCCCCC)OC(C(=O)O)C(O)C1O. The van der Waals surface area contributed by atoms with Gasteiger partial charge in [0.05, 0.1) is 6.61 Å². The zero-order valence-electron chi connectivity index (χ0n) is 50.0. The number of ether oxygens (including phenoxy) is 5. The minimum absolute atomic E-state index is 0.0622. The third kappa shape index (κ3) is 43.9.